The van der Waals surface area contributed by atoms with Gasteiger partial charge in [0.1, 0.15) is 5.75 Å². The first-order valence-electron chi connectivity index (χ1n) is 11.0. The third kappa shape index (κ3) is 5.45. The van der Waals surface area contributed by atoms with E-state index in [0.29, 0.717) is 49.1 Å². The van der Waals surface area contributed by atoms with Crippen LogP contribution in [0.15, 0.2) is 47.0 Å². The molecule has 33 heavy (non-hydrogen) atoms. The molecule has 1 aliphatic heterocycles. The summed E-state index contributed by atoms with van der Waals surface area (Å²) in [5.74, 6) is 3.50. The molecule has 0 N–H and O–H groups in total. The molecule has 2 heterocycles. The Morgan fingerprint density at radius 1 is 0.939 bits per heavy atom. The number of likely N-dealkylation sites (tertiary alicyclic amines) is 1. The maximum absolute atomic E-state index is 12.6. The van der Waals surface area contributed by atoms with Crippen molar-refractivity contribution in [1.29, 1.82) is 0 Å². The number of aromatic nitrogens is 2. The molecule has 4 rings (SSSR count). The Kier molecular flexibility index (Phi) is 7.12. The summed E-state index contributed by atoms with van der Waals surface area (Å²) in [6, 6.07) is 13.8. The summed E-state index contributed by atoms with van der Waals surface area (Å²) in [5.41, 5.74) is 2.26. The maximum atomic E-state index is 12.6. The monoisotopic (exact) mass is 451 g/mol. The molecule has 174 valence electrons. The standard InChI is InChI=1S/C25H29N3O5/c1-30-20-8-4-17(5-9-20)7-11-23-26-25(27-33-23)19-15-24(29)28(16-19)13-12-18-6-10-21(31-2)22(14-18)32-3/h4-6,8-10,14,19H,7,11-13,15-16H2,1-3H3. The van der Waals surface area contributed by atoms with E-state index < -0.39 is 0 Å². The number of benzene rings is 2. The molecule has 1 amide bonds. The van der Waals surface area contributed by atoms with Gasteiger partial charge in [0.15, 0.2) is 17.3 Å². The molecular weight excluding hydrogens is 422 g/mol. The van der Waals surface area contributed by atoms with Crippen LogP contribution in [0.25, 0.3) is 0 Å². The van der Waals surface area contributed by atoms with Gasteiger partial charge in [0.25, 0.3) is 0 Å². The summed E-state index contributed by atoms with van der Waals surface area (Å²) < 4.78 is 21.3. The molecule has 0 radical (unpaired) electrons. The van der Waals surface area contributed by atoms with Crippen molar-refractivity contribution >= 4 is 5.91 Å². The highest BCUT2D eigenvalue weighted by molar-refractivity contribution is 5.79. The Morgan fingerprint density at radius 2 is 1.70 bits per heavy atom. The second kappa shape index (κ2) is 10.4. The number of nitrogens with zero attached hydrogens (tertiary/aromatic N) is 3. The van der Waals surface area contributed by atoms with E-state index >= 15 is 0 Å². The minimum atomic E-state index is -0.0404. The lowest BCUT2D eigenvalue weighted by Crippen LogP contribution is -2.27. The highest BCUT2D eigenvalue weighted by Crippen LogP contribution is 2.29. The molecular formula is C25H29N3O5. The lowest BCUT2D eigenvalue weighted by molar-refractivity contribution is -0.127. The van der Waals surface area contributed by atoms with Crippen LogP contribution in [0.4, 0.5) is 0 Å². The number of methoxy groups -OCH3 is 3. The molecule has 1 unspecified atom stereocenters. The van der Waals surface area contributed by atoms with Crippen molar-refractivity contribution in [3.8, 4) is 17.2 Å². The Hall–Kier alpha value is -3.55. The van der Waals surface area contributed by atoms with E-state index in [4.69, 9.17) is 18.7 Å². The predicted molar refractivity (Wildman–Crippen MR) is 122 cm³/mol. The molecule has 3 aromatic rings. The van der Waals surface area contributed by atoms with Crippen molar-refractivity contribution < 1.29 is 23.5 Å². The van der Waals surface area contributed by atoms with Crippen molar-refractivity contribution in [2.75, 3.05) is 34.4 Å². The van der Waals surface area contributed by atoms with E-state index in [2.05, 4.69) is 10.1 Å². The fourth-order valence-corrected chi connectivity index (χ4v) is 4.04. The van der Waals surface area contributed by atoms with Gasteiger partial charge in [-0.2, -0.15) is 4.98 Å². The first-order chi connectivity index (χ1) is 16.1. The van der Waals surface area contributed by atoms with Crippen LogP contribution in [0.3, 0.4) is 0 Å². The molecule has 8 heteroatoms. The highest BCUT2D eigenvalue weighted by atomic mass is 16.5. The van der Waals surface area contributed by atoms with Crippen molar-refractivity contribution in [2.24, 2.45) is 0 Å². The van der Waals surface area contributed by atoms with Crippen LogP contribution in [0, 0.1) is 0 Å². The first kappa shape index (κ1) is 22.6. The van der Waals surface area contributed by atoms with Gasteiger partial charge in [-0.15, -0.1) is 0 Å². The second-order valence-electron chi connectivity index (χ2n) is 8.07. The largest absolute Gasteiger partial charge is 0.497 e. The Morgan fingerprint density at radius 3 is 2.42 bits per heavy atom. The molecule has 1 aromatic heterocycles. The predicted octanol–water partition coefficient (Wildman–Crippen LogP) is 3.44. The van der Waals surface area contributed by atoms with E-state index in [0.717, 1.165) is 24.2 Å². The van der Waals surface area contributed by atoms with E-state index in [-0.39, 0.29) is 11.8 Å². The van der Waals surface area contributed by atoms with Gasteiger partial charge < -0.3 is 23.6 Å². The van der Waals surface area contributed by atoms with Crippen molar-refractivity contribution in [1.82, 2.24) is 15.0 Å². The quantitative estimate of drug-likeness (QED) is 0.467. The minimum Gasteiger partial charge on any atom is -0.497 e. The van der Waals surface area contributed by atoms with E-state index in [1.165, 1.54) is 5.56 Å². The molecule has 0 aliphatic carbocycles. The summed E-state index contributed by atoms with van der Waals surface area (Å²) in [4.78, 5) is 19.0. The normalized spacial score (nSPS) is 15.7. The fraction of sp³-hybridized carbons (Fsp3) is 0.400. The number of hydrogen-bond donors (Lipinski definition) is 0. The average molecular weight is 452 g/mol. The van der Waals surface area contributed by atoms with Gasteiger partial charge in [-0.1, -0.05) is 23.4 Å². The number of rotatable bonds is 10. The topological polar surface area (TPSA) is 86.9 Å². The molecule has 2 aromatic carbocycles. The SMILES string of the molecule is COc1ccc(CCc2nc(C3CC(=O)N(CCc4ccc(OC)c(OC)c4)C3)no2)cc1. The Labute approximate surface area is 193 Å². The van der Waals surface area contributed by atoms with Crippen LogP contribution in [0.5, 0.6) is 17.2 Å². The Balaban J connectivity index is 1.30. The van der Waals surface area contributed by atoms with Crippen LogP contribution in [0.2, 0.25) is 0 Å². The van der Waals surface area contributed by atoms with Gasteiger partial charge in [-0.05, 0) is 48.2 Å². The average Bonchev–Trinajstić information content (AvgIpc) is 3.48. The second-order valence-corrected chi connectivity index (χ2v) is 8.07. The summed E-state index contributed by atoms with van der Waals surface area (Å²) >= 11 is 0. The van der Waals surface area contributed by atoms with Gasteiger partial charge in [0.2, 0.25) is 11.8 Å². The van der Waals surface area contributed by atoms with Gasteiger partial charge >= 0.3 is 0 Å². The Bertz CT molecular complexity index is 1080. The molecule has 0 saturated carbocycles. The summed E-state index contributed by atoms with van der Waals surface area (Å²) in [7, 11) is 4.88. The van der Waals surface area contributed by atoms with Crippen LogP contribution >= 0.6 is 0 Å². The van der Waals surface area contributed by atoms with Crippen LogP contribution in [-0.2, 0) is 24.1 Å². The number of aryl methyl sites for hydroxylation is 2. The zero-order valence-electron chi connectivity index (χ0n) is 19.2. The van der Waals surface area contributed by atoms with E-state index in [1.54, 1.807) is 21.3 Å². The summed E-state index contributed by atoms with van der Waals surface area (Å²) in [6.07, 6.45) is 2.59. The molecule has 1 fully saturated rings. The fourth-order valence-electron chi connectivity index (χ4n) is 4.04. The number of hydrogen-bond acceptors (Lipinski definition) is 7. The van der Waals surface area contributed by atoms with Gasteiger partial charge in [0, 0.05) is 31.8 Å². The molecule has 0 bridgehead atoms. The minimum absolute atomic E-state index is 0.0404. The van der Waals surface area contributed by atoms with Crippen LogP contribution < -0.4 is 14.2 Å². The highest BCUT2D eigenvalue weighted by Gasteiger charge is 2.33. The zero-order chi connectivity index (χ0) is 23.2. The summed E-state index contributed by atoms with van der Waals surface area (Å²) in [5, 5.41) is 4.15. The van der Waals surface area contributed by atoms with Crippen LogP contribution in [0.1, 0.15) is 35.2 Å². The van der Waals surface area contributed by atoms with Crippen molar-refractivity contribution in [3.05, 3.63) is 65.3 Å². The van der Waals surface area contributed by atoms with Crippen molar-refractivity contribution in [3.63, 3.8) is 0 Å². The van der Waals surface area contributed by atoms with Gasteiger partial charge in [0.05, 0.1) is 21.3 Å². The molecule has 1 aliphatic rings. The molecule has 1 atom stereocenters. The number of ether oxygens (including phenoxy) is 3. The number of carbonyl (C=O) groups is 1. The van der Waals surface area contributed by atoms with Crippen molar-refractivity contribution in [2.45, 2.75) is 31.6 Å². The molecule has 1 saturated heterocycles. The molecule has 0 spiro atoms. The van der Waals surface area contributed by atoms with Gasteiger partial charge in [-0.25, -0.2) is 0 Å². The number of amides is 1. The molecule has 8 nitrogen and oxygen atoms in total. The first-order valence-corrected chi connectivity index (χ1v) is 11.0. The zero-order valence-corrected chi connectivity index (χ0v) is 19.2. The third-order valence-corrected chi connectivity index (χ3v) is 5.97. The van der Waals surface area contributed by atoms with Crippen LogP contribution in [-0.4, -0.2) is 55.4 Å². The summed E-state index contributed by atoms with van der Waals surface area (Å²) in [6.45, 7) is 1.23. The maximum Gasteiger partial charge on any atom is 0.226 e. The number of carbonyl (C=O) groups excluding carboxylic acids is 1. The smallest absolute Gasteiger partial charge is 0.226 e. The lowest BCUT2D eigenvalue weighted by Gasteiger charge is -2.16. The van der Waals surface area contributed by atoms with E-state index in [9.17, 15) is 4.79 Å². The van der Waals surface area contributed by atoms with E-state index in [1.807, 2.05) is 47.4 Å². The van der Waals surface area contributed by atoms with Gasteiger partial charge in [-0.3, -0.25) is 4.79 Å². The lowest BCUT2D eigenvalue weighted by atomic mass is 10.1. The third-order valence-electron chi connectivity index (χ3n) is 5.97.